The molecule has 186 valence electrons. The Morgan fingerprint density at radius 3 is 2.66 bits per heavy atom. The molecule has 1 aliphatic carbocycles. The van der Waals surface area contributed by atoms with Crippen LogP contribution in [-0.2, 0) is 20.7 Å². The van der Waals surface area contributed by atoms with Crippen molar-refractivity contribution in [1.29, 1.82) is 0 Å². The van der Waals surface area contributed by atoms with E-state index in [0.29, 0.717) is 36.5 Å². The fraction of sp³-hybridized carbons (Fsp3) is 0.556. The van der Waals surface area contributed by atoms with Gasteiger partial charge in [0.1, 0.15) is 11.2 Å². The summed E-state index contributed by atoms with van der Waals surface area (Å²) in [6.45, 7) is 5.97. The topological polar surface area (TPSA) is 88.9 Å². The number of morpholine rings is 1. The summed E-state index contributed by atoms with van der Waals surface area (Å²) in [4.78, 5) is 28.9. The van der Waals surface area contributed by atoms with Gasteiger partial charge in [-0.3, -0.25) is 4.79 Å². The molecule has 0 radical (unpaired) electrons. The Balaban J connectivity index is 1.46. The van der Waals surface area contributed by atoms with E-state index in [2.05, 4.69) is 46.4 Å². The molecule has 8 nitrogen and oxygen atoms in total. The SMILES string of the molecule is COC(=O)C1(C)C=Nc2nc(N3CCO[C@H](C)C3)nc(Nc3ccc(C4CCCCC4)cc3)c2C1. The Morgan fingerprint density at radius 1 is 1.17 bits per heavy atom. The summed E-state index contributed by atoms with van der Waals surface area (Å²) < 4.78 is 10.8. The van der Waals surface area contributed by atoms with E-state index in [1.807, 2.05) is 6.92 Å². The average molecular weight is 478 g/mol. The Morgan fingerprint density at radius 2 is 1.94 bits per heavy atom. The number of ether oxygens (including phenoxy) is 2. The van der Waals surface area contributed by atoms with Crippen LogP contribution in [0.25, 0.3) is 0 Å². The number of nitrogens with one attached hydrogen (secondary N) is 1. The summed E-state index contributed by atoms with van der Waals surface area (Å²) in [6.07, 6.45) is 8.73. The maximum Gasteiger partial charge on any atom is 0.317 e. The lowest BCUT2D eigenvalue weighted by atomic mass is 9.83. The number of nitrogens with zero attached hydrogens (tertiary/aromatic N) is 4. The van der Waals surface area contributed by atoms with Gasteiger partial charge in [0, 0.05) is 37.0 Å². The number of carbonyl (C=O) groups excluding carboxylic acids is 1. The molecule has 8 heteroatoms. The number of esters is 1. The summed E-state index contributed by atoms with van der Waals surface area (Å²) in [6, 6.07) is 8.71. The second kappa shape index (κ2) is 9.93. The molecular formula is C27H35N5O3. The number of fused-ring (bicyclic) bond motifs is 1. The predicted molar refractivity (Wildman–Crippen MR) is 137 cm³/mol. The van der Waals surface area contributed by atoms with E-state index < -0.39 is 5.41 Å². The van der Waals surface area contributed by atoms with Crippen LogP contribution in [0.4, 0.5) is 23.3 Å². The number of hydrogen-bond acceptors (Lipinski definition) is 8. The van der Waals surface area contributed by atoms with Crippen molar-refractivity contribution in [2.45, 2.75) is 64.4 Å². The first-order valence-electron chi connectivity index (χ1n) is 12.7. The zero-order chi connectivity index (χ0) is 24.4. The molecule has 2 aliphatic heterocycles. The molecule has 1 aromatic heterocycles. The van der Waals surface area contributed by atoms with Gasteiger partial charge in [0.2, 0.25) is 5.95 Å². The van der Waals surface area contributed by atoms with Crippen LogP contribution in [0.15, 0.2) is 29.3 Å². The van der Waals surface area contributed by atoms with E-state index in [1.165, 1.54) is 44.8 Å². The molecule has 1 aromatic carbocycles. The molecule has 2 aromatic rings. The molecule has 2 atom stereocenters. The van der Waals surface area contributed by atoms with Crippen molar-refractivity contribution in [3.05, 3.63) is 35.4 Å². The molecule has 5 rings (SSSR count). The standard InChI is InChI=1S/C27H35N5O3/c1-18-16-32(13-14-35-18)26-30-23-22(15-27(2,17-28-23)25(33)34-3)24(31-26)29-21-11-9-20(10-12-21)19-7-5-4-6-8-19/h9-12,17-19H,4-8,13-16H2,1-3H3,(H,29,30,31)/t18-,27?/m1/s1. The Labute approximate surface area is 207 Å². The van der Waals surface area contributed by atoms with Crippen LogP contribution in [0.3, 0.4) is 0 Å². The number of carbonyl (C=O) groups is 1. The summed E-state index contributed by atoms with van der Waals surface area (Å²) in [5.74, 6) is 2.24. The minimum Gasteiger partial charge on any atom is -0.468 e. The Kier molecular flexibility index (Phi) is 6.73. The average Bonchev–Trinajstić information content (AvgIpc) is 2.89. The van der Waals surface area contributed by atoms with Crippen molar-refractivity contribution in [3.63, 3.8) is 0 Å². The van der Waals surface area contributed by atoms with E-state index >= 15 is 0 Å². The van der Waals surface area contributed by atoms with Gasteiger partial charge in [-0.1, -0.05) is 31.4 Å². The molecule has 0 amide bonds. The van der Waals surface area contributed by atoms with Crippen molar-refractivity contribution >= 4 is 35.5 Å². The normalized spacial score (nSPS) is 24.7. The lowest BCUT2D eigenvalue weighted by molar-refractivity contribution is -0.147. The zero-order valence-corrected chi connectivity index (χ0v) is 20.9. The maximum atomic E-state index is 12.5. The molecule has 2 fully saturated rings. The molecule has 3 aliphatic rings. The summed E-state index contributed by atoms with van der Waals surface area (Å²) in [5, 5.41) is 3.51. The lowest BCUT2D eigenvalue weighted by Gasteiger charge is -2.33. The quantitative estimate of drug-likeness (QED) is 0.611. The van der Waals surface area contributed by atoms with Gasteiger partial charge in [0.15, 0.2) is 5.82 Å². The van der Waals surface area contributed by atoms with Gasteiger partial charge >= 0.3 is 5.97 Å². The van der Waals surface area contributed by atoms with Gasteiger partial charge in [0.05, 0.1) is 19.8 Å². The molecule has 1 N–H and O–H groups in total. The Bertz CT molecular complexity index is 1100. The largest absolute Gasteiger partial charge is 0.468 e. The van der Waals surface area contributed by atoms with Crippen molar-refractivity contribution in [2.24, 2.45) is 10.4 Å². The number of benzene rings is 1. The van der Waals surface area contributed by atoms with Crippen LogP contribution in [-0.4, -0.2) is 55.1 Å². The molecule has 1 unspecified atom stereocenters. The highest BCUT2D eigenvalue weighted by Crippen LogP contribution is 2.39. The predicted octanol–water partition coefficient (Wildman–Crippen LogP) is 4.93. The number of methoxy groups -OCH3 is 1. The van der Waals surface area contributed by atoms with Crippen LogP contribution in [0.5, 0.6) is 0 Å². The first kappa shape index (κ1) is 23.7. The minimum atomic E-state index is -0.860. The van der Waals surface area contributed by atoms with E-state index in [4.69, 9.17) is 19.4 Å². The minimum absolute atomic E-state index is 0.109. The van der Waals surface area contributed by atoms with E-state index in [9.17, 15) is 4.79 Å². The maximum absolute atomic E-state index is 12.5. The van der Waals surface area contributed by atoms with Crippen LogP contribution < -0.4 is 10.2 Å². The number of hydrogen-bond donors (Lipinski definition) is 1. The van der Waals surface area contributed by atoms with Crippen LogP contribution in [0.2, 0.25) is 0 Å². The Hall–Kier alpha value is -3.00. The highest BCUT2D eigenvalue weighted by Gasteiger charge is 2.38. The van der Waals surface area contributed by atoms with E-state index in [0.717, 1.165) is 24.3 Å². The second-order valence-corrected chi connectivity index (χ2v) is 10.2. The number of rotatable bonds is 5. The summed E-state index contributed by atoms with van der Waals surface area (Å²) >= 11 is 0. The highest BCUT2D eigenvalue weighted by molar-refractivity contribution is 5.97. The van der Waals surface area contributed by atoms with Crippen molar-refractivity contribution < 1.29 is 14.3 Å². The summed E-state index contributed by atoms with van der Waals surface area (Å²) in [5.41, 5.74) is 2.33. The van der Waals surface area contributed by atoms with Gasteiger partial charge in [0.25, 0.3) is 0 Å². The van der Waals surface area contributed by atoms with Crippen LogP contribution >= 0.6 is 0 Å². The second-order valence-electron chi connectivity index (χ2n) is 10.2. The monoisotopic (exact) mass is 477 g/mol. The lowest BCUT2D eigenvalue weighted by Crippen LogP contribution is -2.42. The fourth-order valence-corrected chi connectivity index (χ4v) is 5.36. The van der Waals surface area contributed by atoms with E-state index in [-0.39, 0.29) is 12.1 Å². The van der Waals surface area contributed by atoms with Crippen molar-refractivity contribution in [2.75, 3.05) is 37.0 Å². The molecular weight excluding hydrogens is 442 g/mol. The third-order valence-corrected chi connectivity index (χ3v) is 7.41. The molecule has 35 heavy (non-hydrogen) atoms. The first-order chi connectivity index (χ1) is 16.9. The zero-order valence-electron chi connectivity index (χ0n) is 20.9. The molecule has 0 spiro atoms. The first-order valence-corrected chi connectivity index (χ1v) is 12.7. The van der Waals surface area contributed by atoms with Crippen molar-refractivity contribution in [1.82, 2.24) is 9.97 Å². The fourth-order valence-electron chi connectivity index (χ4n) is 5.36. The van der Waals surface area contributed by atoms with Gasteiger partial charge in [-0.25, -0.2) is 4.99 Å². The third-order valence-electron chi connectivity index (χ3n) is 7.41. The molecule has 1 saturated carbocycles. The third kappa shape index (κ3) is 5.03. The van der Waals surface area contributed by atoms with Gasteiger partial charge in [-0.2, -0.15) is 9.97 Å². The highest BCUT2D eigenvalue weighted by atomic mass is 16.5. The van der Waals surface area contributed by atoms with Gasteiger partial charge in [-0.05, 0) is 50.3 Å². The van der Waals surface area contributed by atoms with Crippen molar-refractivity contribution in [3.8, 4) is 0 Å². The van der Waals surface area contributed by atoms with Crippen LogP contribution in [0.1, 0.15) is 63.0 Å². The van der Waals surface area contributed by atoms with Gasteiger partial charge < -0.3 is 19.7 Å². The number of aromatic nitrogens is 2. The molecule has 1 saturated heterocycles. The van der Waals surface area contributed by atoms with Gasteiger partial charge in [-0.15, -0.1) is 0 Å². The molecule has 0 bridgehead atoms. The molecule has 3 heterocycles. The smallest absolute Gasteiger partial charge is 0.317 e. The van der Waals surface area contributed by atoms with E-state index in [1.54, 1.807) is 6.21 Å². The summed E-state index contributed by atoms with van der Waals surface area (Å²) in [7, 11) is 1.41. The van der Waals surface area contributed by atoms with Crippen LogP contribution in [0, 0.1) is 5.41 Å². The number of anilines is 3. The number of aliphatic imine (C=N–C) groups is 1.